The van der Waals surface area contributed by atoms with Crippen LogP contribution in [0.15, 0.2) is 30.3 Å². The van der Waals surface area contributed by atoms with E-state index in [9.17, 15) is 4.79 Å². The maximum atomic E-state index is 12.1. The van der Waals surface area contributed by atoms with Crippen LogP contribution in [-0.4, -0.2) is 38.0 Å². The Balaban J connectivity index is 1.60. The molecule has 190 valence electrons. The number of methoxy groups -OCH3 is 2. The van der Waals surface area contributed by atoms with Gasteiger partial charge in [-0.25, -0.2) is 0 Å². The molecule has 0 aliphatic heterocycles. The van der Waals surface area contributed by atoms with Gasteiger partial charge >= 0.3 is 0 Å². The molecule has 5 heteroatoms. The molecule has 4 rings (SSSR count). The number of benzene rings is 2. The zero-order chi connectivity index (χ0) is 25.2. The molecule has 1 saturated carbocycles. The Bertz CT molecular complexity index is 1070. The van der Waals surface area contributed by atoms with Crippen molar-refractivity contribution in [2.75, 3.05) is 20.8 Å². The van der Waals surface area contributed by atoms with Crippen LogP contribution in [0.5, 0.6) is 11.5 Å². The van der Waals surface area contributed by atoms with E-state index in [1.807, 2.05) is 25.1 Å². The minimum atomic E-state index is -0.653. The number of hydrogen-bond donors (Lipinski definition) is 0. The first-order valence-electron chi connectivity index (χ1n) is 12.9. The Morgan fingerprint density at radius 3 is 2.31 bits per heavy atom. The lowest BCUT2D eigenvalue weighted by Gasteiger charge is -2.43. The third kappa shape index (κ3) is 5.41. The van der Waals surface area contributed by atoms with Crippen molar-refractivity contribution in [3.8, 4) is 22.6 Å². The predicted octanol–water partition coefficient (Wildman–Crippen LogP) is 6.92. The topological polar surface area (TPSA) is 54.0 Å². The van der Waals surface area contributed by atoms with Crippen molar-refractivity contribution < 1.29 is 23.7 Å². The van der Waals surface area contributed by atoms with Gasteiger partial charge in [0.15, 0.2) is 23.1 Å². The highest BCUT2D eigenvalue weighted by atomic mass is 16.7. The van der Waals surface area contributed by atoms with Gasteiger partial charge in [0, 0.05) is 30.6 Å². The first-order valence-corrected chi connectivity index (χ1v) is 12.9. The molecule has 0 heterocycles. The summed E-state index contributed by atoms with van der Waals surface area (Å²) >= 11 is 0. The summed E-state index contributed by atoms with van der Waals surface area (Å²) in [6.45, 7) is 8.53. The van der Waals surface area contributed by atoms with Crippen LogP contribution in [0.25, 0.3) is 11.1 Å². The van der Waals surface area contributed by atoms with Crippen molar-refractivity contribution in [1.29, 1.82) is 0 Å². The fourth-order valence-corrected chi connectivity index (χ4v) is 5.65. The van der Waals surface area contributed by atoms with E-state index < -0.39 is 11.4 Å². The summed E-state index contributed by atoms with van der Waals surface area (Å²) in [7, 11) is 3.42. The lowest BCUT2D eigenvalue weighted by Crippen LogP contribution is -2.49. The van der Waals surface area contributed by atoms with Crippen molar-refractivity contribution in [3.63, 3.8) is 0 Å². The van der Waals surface area contributed by atoms with Crippen LogP contribution >= 0.6 is 0 Å². The molecule has 2 aliphatic carbocycles. The maximum absolute atomic E-state index is 12.1. The van der Waals surface area contributed by atoms with Gasteiger partial charge in [-0.1, -0.05) is 49.6 Å². The molecule has 0 spiro atoms. The van der Waals surface area contributed by atoms with E-state index in [1.54, 1.807) is 14.2 Å². The molecule has 2 aliphatic rings. The van der Waals surface area contributed by atoms with E-state index in [0.29, 0.717) is 24.7 Å². The van der Waals surface area contributed by atoms with Crippen molar-refractivity contribution in [1.82, 2.24) is 0 Å². The van der Waals surface area contributed by atoms with Crippen LogP contribution in [0.4, 0.5) is 0 Å². The minimum Gasteiger partial charge on any atom is -0.493 e. The Morgan fingerprint density at radius 1 is 0.914 bits per heavy atom. The van der Waals surface area contributed by atoms with E-state index >= 15 is 0 Å². The highest BCUT2D eigenvalue weighted by Gasteiger charge is 2.41. The smallest absolute Gasteiger partial charge is 0.169 e. The summed E-state index contributed by atoms with van der Waals surface area (Å²) in [4.78, 5) is 12.1. The molecule has 1 unspecified atom stereocenters. The van der Waals surface area contributed by atoms with Crippen molar-refractivity contribution in [3.05, 3.63) is 47.0 Å². The Hall–Kier alpha value is -2.37. The monoisotopic (exact) mass is 480 g/mol. The van der Waals surface area contributed by atoms with E-state index in [-0.39, 0.29) is 5.78 Å². The molecule has 2 aromatic rings. The molecule has 0 bridgehead atoms. The molecule has 2 aromatic carbocycles. The third-order valence-corrected chi connectivity index (χ3v) is 7.65. The second-order valence-corrected chi connectivity index (χ2v) is 10.8. The van der Waals surface area contributed by atoms with E-state index in [2.05, 4.69) is 32.9 Å². The molecule has 0 aromatic heterocycles. The summed E-state index contributed by atoms with van der Waals surface area (Å²) in [5.74, 6) is 1.36. The summed E-state index contributed by atoms with van der Waals surface area (Å²) < 4.78 is 24.9. The molecule has 5 nitrogen and oxygen atoms in total. The fraction of sp³-hybridized carbons (Fsp3) is 0.567. The number of Topliss-reactive ketones (excluding diaryl/α,β-unsaturated/α-hetero) is 1. The molecule has 1 fully saturated rings. The van der Waals surface area contributed by atoms with E-state index in [0.717, 1.165) is 52.8 Å². The summed E-state index contributed by atoms with van der Waals surface area (Å²) in [6, 6.07) is 10.2. The van der Waals surface area contributed by atoms with Crippen LogP contribution in [0.3, 0.4) is 0 Å². The molecule has 0 radical (unpaired) electrons. The van der Waals surface area contributed by atoms with Crippen molar-refractivity contribution in [2.45, 2.75) is 84.0 Å². The first-order chi connectivity index (χ1) is 16.7. The maximum Gasteiger partial charge on any atom is 0.169 e. The number of fused-ring (bicyclic) bond motifs is 1. The Morgan fingerprint density at radius 2 is 1.63 bits per heavy atom. The summed E-state index contributed by atoms with van der Waals surface area (Å²) in [5.41, 5.74) is 4.33. The lowest BCUT2D eigenvalue weighted by atomic mass is 9.83. The number of aryl methyl sites for hydroxylation is 2. The standard InChI is InChI=1S/C30H40O5/c1-20-12-15-25(22-13-16-24-21(18-22)14-17-26(24)31)28(27(20)32-5)34-19-29(2,3)35-30(4,33-6)23-10-8-7-9-11-23/h12-13,15-16,18,23H,7-11,14,17,19H2,1-6H3. The zero-order valence-corrected chi connectivity index (χ0v) is 22.2. The van der Waals surface area contributed by atoms with Crippen LogP contribution in [0, 0.1) is 12.8 Å². The average Bonchev–Trinajstić information content (AvgIpc) is 3.23. The Kier molecular flexibility index (Phi) is 7.58. The second-order valence-electron chi connectivity index (χ2n) is 10.8. The third-order valence-electron chi connectivity index (χ3n) is 7.65. The van der Waals surface area contributed by atoms with E-state index in [4.69, 9.17) is 18.9 Å². The molecule has 0 saturated heterocycles. The summed E-state index contributed by atoms with van der Waals surface area (Å²) in [5, 5.41) is 0. The SMILES string of the molecule is COc1c(C)ccc(-c2ccc3c(c2)CCC3=O)c1OCC(C)(C)OC(C)(OC)C1CCCCC1. The van der Waals surface area contributed by atoms with Gasteiger partial charge in [0.2, 0.25) is 0 Å². The minimum absolute atomic E-state index is 0.225. The first kappa shape index (κ1) is 25.7. The highest BCUT2D eigenvalue weighted by Crippen LogP contribution is 2.43. The largest absolute Gasteiger partial charge is 0.493 e. The summed E-state index contributed by atoms with van der Waals surface area (Å²) in [6.07, 6.45) is 7.36. The molecular formula is C30H40O5. The molecule has 1 atom stereocenters. The van der Waals surface area contributed by atoms with Gasteiger partial charge in [-0.15, -0.1) is 0 Å². The molecule has 35 heavy (non-hydrogen) atoms. The molecule has 0 N–H and O–H groups in total. The van der Waals surface area contributed by atoms with Crippen LogP contribution in [0.2, 0.25) is 0 Å². The van der Waals surface area contributed by atoms with Crippen LogP contribution in [-0.2, 0) is 15.9 Å². The quantitative estimate of drug-likeness (QED) is 0.365. The van der Waals surface area contributed by atoms with Crippen molar-refractivity contribution >= 4 is 5.78 Å². The number of carbonyl (C=O) groups is 1. The number of carbonyl (C=O) groups excluding carboxylic acids is 1. The normalized spacial score (nSPS) is 18.3. The van der Waals surface area contributed by atoms with Crippen LogP contribution < -0.4 is 9.47 Å². The van der Waals surface area contributed by atoms with Gasteiger partial charge in [0.05, 0.1) is 12.7 Å². The van der Waals surface area contributed by atoms with Crippen molar-refractivity contribution in [2.24, 2.45) is 5.92 Å². The zero-order valence-electron chi connectivity index (χ0n) is 22.2. The number of ketones is 1. The van der Waals surface area contributed by atoms with Gasteiger partial charge in [0.1, 0.15) is 6.61 Å². The lowest BCUT2D eigenvalue weighted by molar-refractivity contribution is -0.295. The van der Waals surface area contributed by atoms with Gasteiger partial charge in [0.25, 0.3) is 0 Å². The van der Waals surface area contributed by atoms with Gasteiger partial charge in [-0.2, -0.15) is 0 Å². The van der Waals surface area contributed by atoms with Gasteiger partial charge in [-0.3, -0.25) is 4.79 Å². The fourth-order valence-electron chi connectivity index (χ4n) is 5.65. The predicted molar refractivity (Wildman–Crippen MR) is 138 cm³/mol. The Labute approximate surface area is 210 Å². The average molecular weight is 481 g/mol. The molecular weight excluding hydrogens is 440 g/mol. The van der Waals surface area contributed by atoms with Gasteiger partial charge < -0.3 is 18.9 Å². The second kappa shape index (κ2) is 10.3. The van der Waals surface area contributed by atoms with Crippen LogP contribution in [0.1, 0.15) is 80.8 Å². The highest BCUT2D eigenvalue weighted by molar-refractivity contribution is 6.01. The van der Waals surface area contributed by atoms with E-state index in [1.165, 1.54) is 19.3 Å². The number of ether oxygens (including phenoxy) is 4. The number of hydrogen-bond acceptors (Lipinski definition) is 5. The van der Waals surface area contributed by atoms with Gasteiger partial charge in [-0.05, 0) is 63.6 Å². The number of rotatable bonds is 9. The molecule has 0 amide bonds.